The third kappa shape index (κ3) is 6.62. The van der Waals surface area contributed by atoms with Gasteiger partial charge < -0.3 is 10.1 Å². The molecule has 0 atom stereocenters. The van der Waals surface area contributed by atoms with E-state index in [0.717, 1.165) is 13.2 Å². The summed E-state index contributed by atoms with van der Waals surface area (Å²) in [5.74, 6) is 0. The lowest BCUT2D eigenvalue weighted by molar-refractivity contribution is 0.185. The van der Waals surface area contributed by atoms with E-state index in [1.807, 2.05) is 7.05 Å². The van der Waals surface area contributed by atoms with Crippen LogP contribution in [0, 0.1) is 5.41 Å². The van der Waals surface area contributed by atoms with Crippen molar-refractivity contribution in [1.29, 1.82) is 0 Å². The molecule has 0 aromatic carbocycles. The van der Waals surface area contributed by atoms with Crippen LogP contribution in [0.5, 0.6) is 0 Å². The maximum atomic E-state index is 5.00. The Hall–Kier alpha value is -0.0800. The number of hydrogen-bond acceptors (Lipinski definition) is 2. The topological polar surface area (TPSA) is 21.3 Å². The summed E-state index contributed by atoms with van der Waals surface area (Å²) in [4.78, 5) is 0. The molecule has 0 saturated heterocycles. The molecule has 0 bridgehead atoms. The molecular weight excluding hydrogens is 150 g/mol. The van der Waals surface area contributed by atoms with E-state index >= 15 is 0 Å². The van der Waals surface area contributed by atoms with Crippen LogP contribution in [-0.2, 0) is 4.74 Å². The molecule has 0 aliphatic rings. The highest BCUT2D eigenvalue weighted by Crippen LogP contribution is 2.21. The van der Waals surface area contributed by atoms with Crippen LogP contribution in [0.3, 0.4) is 0 Å². The van der Waals surface area contributed by atoms with Crippen molar-refractivity contribution in [3.63, 3.8) is 0 Å². The summed E-state index contributed by atoms with van der Waals surface area (Å²) < 4.78 is 5.00. The average Bonchev–Trinajstić information content (AvgIpc) is 1.98. The second-order valence-electron chi connectivity index (χ2n) is 4.14. The summed E-state index contributed by atoms with van der Waals surface area (Å²) in [7, 11) is 3.77. The maximum Gasteiger partial charge on any atom is 0.0462 e. The van der Waals surface area contributed by atoms with Crippen LogP contribution >= 0.6 is 0 Å². The number of nitrogens with one attached hydrogen (secondary N) is 1. The van der Waals surface area contributed by atoms with Gasteiger partial charge in [0.1, 0.15) is 0 Å². The minimum atomic E-state index is 0.433. The van der Waals surface area contributed by atoms with Crippen LogP contribution in [0.1, 0.15) is 33.1 Å². The Labute approximate surface area is 76.7 Å². The number of methoxy groups -OCH3 is 1. The summed E-state index contributed by atoms with van der Waals surface area (Å²) in [5.41, 5.74) is 0.433. The molecule has 0 heterocycles. The minimum Gasteiger partial charge on any atom is -0.385 e. The molecule has 2 nitrogen and oxygen atoms in total. The molecule has 0 saturated carbocycles. The Morgan fingerprint density at radius 2 is 1.92 bits per heavy atom. The van der Waals surface area contributed by atoms with Gasteiger partial charge >= 0.3 is 0 Å². The molecule has 74 valence electrons. The summed E-state index contributed by atoms with van der Waals surface area (Å²) >= 11 is 0. The van der Waals surface area contributed by atoms with E-state index < -0.39 is 0 Å². The van der Waals surface area contributed by atoms with Gasteiger partial charge in [-0.3, -0.25) is 0 Å². The molecule has 2 heteroatoms. The maximum absolute atomic E-state index is 5.00. The lowest BCUT2D eigenvalue weighted by atomic mass is 9.87. The molecule has 0 rings (SSSR count). The highest BCUT2D eigenvalue weighted by molar-refractivity contribution is 4.70. The van der Waals surface area contributed by atoms with E-state index in [1.54, 1.807) is 7.11 Å². The van der Waals surface area contributed by atoms with E-state index in [1.165, 1.54) is 19.3 Å². The standard InChI is InChI=1S/C10H23NO/c1-10(2,9-11-3)7-5-6-8-12-4/h11H,5-9H2,1-4H3. The Balaban J connectivity index is 3.33. The molecule has 0 fully saturated rings. The van der Waals surface area contributed by atoms with Gasteiger partial charge in [0.25, 0.3) is 0 Å². The van der Waals surface area contributed by atoms with E-state index in [9.17, 15) is 0 Å². The van der Waals surface area contributed by atoms with Crippen LogP contribution in [0.2, 0.25) is 0 Å². The average molecular weight is 173 g/mol. The monoisotopic (exact) mass is 173 g/mol. The first-order chi connectivity index (χ1) is 5.62. The summed E-state index contributed by atoms with van der Waals surface area (Å²) in [6.45, 7) is 6.60. The Morgan fingerprint density at radius 1 is 1.25 bits per heavy atom. The first kappa shape index (κ1) is 11.9. The molecule has 0 aromatic heterocycles. The quantitative estimate of drug-likeness (QED) is 0.595. The van der Waals surface area contributed by atoms with Gasteiger partial charge in [0.05, 0.1) is 0 Å². The van der Waals surface area contributed by atoms with Crippen molar-refractivity contribution in [2.75, 3.05) is 27.3 Å². The predicted molar refractivity (Wildman–Crippen MR) is 53.4 cm³/mol. The zero-order valence-electron chi connectivity index (χ0n) is 8.94. The van der Waals surface area contributed by atoms with E-state index in [0.29, 0.717) is 5.41 Å². The number of hydrogen-bond donors (Lipinski definition) is 1. The first-order valence-corrected chi connectivity index (χ1v) is 4.76. The summed E-state index contributed by atoms with van der Waals surface area (Å²) in [6.07, 6.45) is 3.73. The summed E-state index contributed by atoms with van der Waals surface area (Å²) in [6, 6.07) is 0. The van der Waals surface area contributed by atoms with Crippen molar-refractivity contribution in [3.05, 3.63) is 0 Å². The lowest BCUT2D eigenvalue weighted by Crippen LogP contribution is -2.26. The Morgan fingerprint density at radius 3 is 2.42 bits per heavy atom. The predicted octanol–water partition coefficient (Wildman–Crippen LogP) is 2.05. The zero-order valence-corrected chi connectivity index (χ0v) is 8.94. The molecule has 12 heavy (non-hydrogen) atoms. The van der Waals surface area contributed by atoms with Crippen LogP contribution < -0.4 is 5.32 Å². The molecule has 0 aromatic rings. The Bertz CT molecular complexity index is 102. The van der Waals surface area contributed by atoms with E-state index in [2.05, 4.69) is 19.2 Å². The molecule has 0 radical (unpaired) electrons. The Kier molecular flexibility index (Phi) is 6.39. The van der Waals surface area contributed by atoms with Gasteiger partial charge in [0.15, 0.2) is 0 Å². The van der Waals surface area contributed by atoms with Crippen molar-refractivity contribution in [1.82, 2.24) is 5.32 Å². The minimum absolute atomic E-state index is 0.433. The van der Waals surface area contributed by atoms with E-state index in [4.69, 9.17) is 4.74 Å². The second kappa shape index (κ2) is 6.44. The largest absolute Gasteiger partial charge is 0.385 e. The van der Waals surface area contributed by atoms with Gasteiger partial charge in [-0.2, -0.15) is 0 Å². The SMILES string of the molecule is CNCC(C)(C)CCCCOC. The third-order valence-electron chi connectivity index (χ3n) is 2.11. The first-order valence-electron chi connectivity index (χ1n) is 4.76. The second-order valence-corrected chi connectivity index (χ2v) is 4.14. The lowest BCUT2D eigenvalue weighted by Gasteiger charge is -2.23. The van der Waals surface area contributed by atoms with Gasteiger partial charge in [0, 0.05) is 13.7 Å². The van der Waals surface area contributed by atoms with Crippen molar-refractivity contribution in [3.8, 4) is 0 Å². The van der Waals surface area contributed by atoms with Crippen molar-refractivity contribution >= 4 is 0 Å². The van der Waals surface area contributed by atoms with Crippen molar-refractivity contribution in [2.24, 2.45) is 5.41 Å². The van der Waals surface area contributed by atoms with Gasteiger partial charge in [-0.1, -0.05) is 20.3 Å². The van der Waals surface area contributed by atoms with Crippen molar-refractivity contribution in [2.45, 2.75) is 33.1 Å². The molecule has 0 aliphatic carbocycles. The molecule has 0 amide bonds. The van der Waals surface area contributed by atoms with Crippen LogP contribution in [0.4, 0.5) is 0 Å². The third-order valence-corrected chi connectivity index (χ3v) is 2.11. The highest BCUT2D eigenvalue weighted by Gasteiger charge is 2.15. The molecule has 0 aliphatic heterocycles. The van der Waals surface area contributed by atoms with Crippen LogP contribution in [0.25, 0.3) is 0 Å². The fourth-order valence-electron chi connectivity index (χ4n) is 1.42. The number of unbranched alkanes of at least 4 members (excludes halogenated alkanes) is 1. The van der Waals surface area contributed by atoms with Gasteiger partial charge in [0.2, 0.25) is 0 Å². The van der Waals surface area contributed by atoms with Gasteiger partial charge in [-0.15, -0.1) is 0 Å². The number of rotatable bonds is 7. The van der Waals surface area contributed by atoms with E-state index in [-0.39, 0.29) is 0 Å². The van der Waals surface area contributed by atoms with Crippen LogP contribution in [-0.4, -0.2) is 27.3 Å². The number of ether oxygens (including phenoxy) is 1. The highest BCUT2D eigenvalue weighted by atomic mass is 16.5. The van der Waals surface area contributed by atoms with Crippen LogP contribution in [0.15, 0.2) is 0 Å². The normalized spacial score (nSPS) is 12.0. The fraction of sp³-hybridized carbons (Fsp3) is 1.00. The molecule has 0 unspecified atom stereocenters. The molecule has 0 spiro atoms. The van der Waals surface area contributed by atoms with Crippen molar-refractivity contribution < 1.29 is 4.74 Å². The zero-order chi connectivity index (χ0) is 9.45. The summed E-state index contributed by atoms with van der Waals surface area (Å²) in [5, 5.41) is 3.22. The molecular formula is C10H23NO. The van der Waals surface area contributed by atoms with Gasteiger partial charge in [-0.05, 0) is 31.8 Å². The fourth-order valence-corrected chi connectivity index (χ4v) is 1.42. The van der Waals surface area contributed by atoms with Gasteiger partial charge in [-0.25, -0.2) is 0 Å². The smallest absolute Gasteiger partial charge is 0.0462 e. The molecule has 1 N–H and O–H groups in total.